The Bertz CT molecular complexity index is 598. The maximum Gasteiger partial charge on any atom is 0.227 e. The van der Waals surface area contributed by atoms with Gasteiger partial charge in [-0.2, -0.15) is 5.10 Å². The number of amides is 1. The van der Waals surface area contributed by atoms with Crippen molar-refractivity contribution in [1.29, 1.82) is 0 Å². The lowest BCUT2D eigenvalue weighted by atomic mass is 9.82. The predicted octanol–water partition coefficient (Wildman–Crippen LogP) is 3.84. The molecule has 0 atom stereocenters. The molecule has 0 radical (unpaired) electrons. The second kappa shape index (κ2) is 6.12. The first kappa shape index (κ1) is 13.9. The van der Waals surface area contributed by atoms with Gasteiger partial charge in [0.2, 0.25) is 5.91 Å². The van der Waals surface area contributed by atoms with Crippen LogP contribution in [0.15, 0.2) is 36.5 Å². The van der Waals surface area contributed by atoms with Gasteiger partial charge in [0.1, 0.15) is 0 Å². The number of carbonyl (C=O) groups is 1. The fourth-order valence-electron chi connectivity index (χ4n) is 2.95. The van der Waals surface area contributed by atoms with Gasteiger partial charge in [0, 0.05) is 23.4 Å². The van der Waals surface area contributed by atoms with E-state index < -0.39 is 0 Å². The third-order valence-corrected chi connectivity index (χ3v) is 4.33. The maximum atomic E-state index is 12.3. The predicted molar refractivity (Wildman–Crippen MR) is 83.8 cm³/mol. The lowest BCUT2D eigenvalue weighted by Gasteiger charge is -2.25. The summed E-state index contributed by atoms with van der Waals surface area (Å²) in [6, 6.07) is 9.80. The Morgan fingerprint density at radius 3 is 2.76 bits per heavy atom. The van der Waals surface area contributed by atoms with Gasteiger partial charge >= 0.3 is 0 Å². The highest BCUT2D eigenvalue weighted by Crippen LogP contribution is 2.29. The average Bonchev–Trinajstić information content (AvgIpc) is 3.02. The van der Waals surface area contributed by atoms with Crippen LogP contribution in [0.2, 0.25) is 0 Å². The molecule has 1 amide bonds. The third kappa shape index (κ3) is 3.32. The van der Waals surface area contributed by atoms with Crippen molar-refractivity contribution in [1.82, 2.24) is 10.2 Å². The first-order valence-electron chi connectivity index (χ1n) is 7.63. The molecule has 0 bridgehead atoms. The fourth-order valence-corrected chi connectivity index (χ4v) is 2.95. The summed E-state index contributed by atoms with van der Waals surface area (Å²) in [5.74, 6) is 1.08. The van der Waals surface area contributed by atoms with Crippen LogP contribution in [0.3, 0.4) is 0 Å². The van der Waals surface area contributed by atoms with Crippen LogP contribution in [0.25, 0.3) is 11.3 Å². The molecule has 0 aliphatic heterocycles. The molecule has 0 saturated heterocycles. The van der Waals surface area contributed by atoms with Crippen LogP contribution in [0.1, 0.15) is 32.6 Å². The van der Waals surface area contributed by atoms with Gasteiger partial charge in [-0.05, 0) is 49.8 Å². The van der Waals surface area contributed by atoms with Crippen LogP contribution >= 0.6 is 0 Å². The van der Waals surface area contributed by atoms with E-state index in [9.17, 15) is 4.79 Å². The number of rotatable bonds is 3. The summed E-state index contributed by atoms with van der Waals surface area (Å²) in [5, 5.41) is 9.95. The van der Waals surface area contributed by atoms with E-state index in [-0.39, 0.29) is 11.8 Å². The number of aromatic nitrogens is 2. The summed E-state index contributed by atoms with van der Waals surface area (Å²) in [5.41, 5.74) is 2.84. The number of hydrogen-bond donors (Lipinski definition) is 2. The highest BCUT2D eigenvalue weighted by atomic mass is 16.1. The van der Waals surface area contributed by atoms with Crippen LogP contribution in [-0.2, 0) is 4.79 Å². The second-order valence-corrected chi connectivity index (χ2v) is 6.00. The zero-order valence-corrected chi connectivity index (χ0v) is 12.3. The van der Waals surface area contributed by atoms with E-state index in [1.165, 1.54) is 0 Å². The Labute approximate surface area is 125 Å². The molecule has 1 aromatic carbocycles. The number of nitrogens with zero attached hydrogens (tertiary/aromatic N) is 1. The topological polar surface area (TPSA) is 57.8 Å². The van der Waals surface area contributed by atoms with E-state index in [2.05, 4.69) is 22.4 Å². The zero-order valence-electron chi connectivity index (χ0n) is 12.3. The van der Waals surface area contributed by atoms with Gasteiger partial charge in [0.25, 0.3) is 0 Å². The minimum atomic E-state index is 0.156. The number of H-pyrrole nitrogens is 1. The summed E-state index contributed by atoms with van der Waals surface area (Å²) < 4.78 is 0. The Hall–Kier alpha value is -2.10. The largest absolute Gasteiger partial charge is 0.326 e. The second-order valence-electron chi connectivity index (χ2n) is 6.00. The number of aromatic amines is 1. The van der Waals surface area contributed by atoms with Crippen molar-refractivity contribution >= 4 is 11.6 Å². The normalized spacial score (nSPS) is 22.0. The van der Waals surface area contributed by atoms with Crippen molar-refractivity contribution in [3.63, 3.8) is 0 Å². The molecule has 2 N–H and O–H groups in total. The molecule has 1 heterocycles. The van der Waals surface area contributed by atoms with Crippen LogP contribution in [-0.4, -0.2) is 16.1 Å². The Kier molecular flexibility index (Phi) is 4.04. The molecular weight excluding hydrogens is 262 g/mol. The molecule has 110 valence electrons. The number of carbonyl (C=O) groups excluding carboxylic acids is 1. The van der Waals surface area contributed by atoms with E-state index >= 15 is 0 Å². The summed E-state index contributed by atoms with van der Waals surface area (Å²) in [4.78, 5) is 12.3. The SMILES string of the molecule is CC1CCC(C(=O)Nc2cccc(-c3ccn[nH]3)c2)CC1. The summed E-state index contributed by atoms with van der Waals surface area (Å²) in [6.07, 6.45) is 6.06. The van der Waals surface area contributed by atoms with Gasteiger partial charge in [-0.3, -0.25) is 9.89 Å². The monoisotopic (exact) mass is 283 g/mol. The van der Waals surface area contributed by atoms with Gasteiger partial charge in [0.05, 0.1) is 5.69 Å². The Balaban J connectivity index is 1.67. The van der Waals surface area contributed by atoms with Gasteiger partial charge in [-0.15, -0.1) is 0 Å². The molecule has 1 aliphatic carbocycles. The van der Waals surface area contributed by atoms with Crippen molar-refractivity contribution in [2.75, 3.05) is 5.32 Å². The smallest absolute Gasteiger partial charge is 0.227 e. The average molecular weight is 283 g/mol. The first-order chi connectivity index (χ1) is 10.2. The molecule has 0 spiro atoms. The molecule has 4 nitrogen and oxygen atoms in total. The van der Waals surface area contributed by atoms with E-state index in [1.54, 1.807) is 6.20 Å². The number of anilines is 1. The van der Waals surface area contributed by atoms with E-state index in [0.29, 0.717) is 0 Å². The number of benzene rings is 1. The lowest BCUT2D eigenvalue weighted by molar-refractivity contribution is -0.121. The van der Waals surface area contributed by atoms with Gasteiger partial charge in [-0.1, -0.05) is 19.1 Å². The van der Waals surface area contributed by atoms with Gasteiger partial charge in [-0.25, -0.2) is 0 Å². The first-order valence-corrected chi connectivity index (χ1v) is 7.63. The zero-order chi connectivity index (χ0) is 14.7. The van der Waals surface area contributed by atoms with Crippen molar-refractivity contribution in [3.8, 4) is 11.3 Å². The van der Waals surface area contributed by atoms with E-state index in [0.717, 1.165) is 48.5 Å². The molecule has 0 unspecified atom stereocenters. The van der Waals surface area contributed by atoms with Crippen molar-refractivity contribution in [2.24, 2.45) is 11.8 Å². The standard InChI is InChI=1S/C17H21N3O/c1-12-5-7-13(8-6-12)17(21)19-15-4-2-3-14(11-15)16-9-10-18-20-16/h2-4,9-13H,5-8H2,1H3,(H,18,20)(H,19,21). The maximum absolute atomic E-state index is 12.3. The van der Waals surface area contributed by atoms with Gasteiger partial charge < -0.3 is 5.32 Å². The quantitative estimate of drug-likeness (QED) is 0.899. The lowest BCUT2D eigenvalue weighted by Crippen LogP contribution is -2.26. The molecule has 2 aromatic rings. The molecule has 21 heavy (non-hydrogen) atoms. The van der Waals surface area contributed by atoms with Crippen LogP contribution in [0, 0.1) is 11.8 Å². The molecule has 1 fully saturated rings. The highest BCUT2D eigenvalue weighted by Gasteiger charge is 2.24. The minimum absolute atomic E-state index is 0.156. The van der Waals surface area contributed by atoms with Gasteiger partial charge in [0.15, 0.2) is 0 Å². The molecule has 1 aliphatic rings. The third-order valence-electron chi connectivity index (χ3n) is 4.33. The van der Waals surface area contributed by atoms with Crippen molar-refractivity contribution in [2.45, 2.75) is 32.6 Å². The Morgan fingerprint density at radius 2 is 2.05 bits per heavy atom. The number of nitrogens with one attached hydrogen (secondary N) is 2. The summed E-state index contributed by atoms with van der Waals surface area (Å²) >= 11 is 0. The number of hydrogen-bond acceptors (Lipinski definition) is 2. The van der Waals surface area contributed by atoms with E-state index in [1.807, 2.05) is 30.3 Å². The molecular formula is C17H21N3O. The molecule has 1 saturated carbocycles. The van der Waals surface area contributed by atoms with Crippen molar-refractivity contribution < 1.29 is 4.79 Å². The van der Waals surface area contributed by atoms with Crippen molar-refractivity contribution in [3.05, 3.63) is 36.5 Å². The van der Waals surface area contributed by atoms with Crippen LogP contribution in [0.4, 0.5) is 5.69 Å². The molecule has 3 rings (SSSR count). The Morgan fingerprint density at radius 1 is 1.24 bits per heavy atom. The van der Waals surface area contributed by atoms with E-state index in [4.69, 9.17) is 0 Å². The summed E-state index contributed by atoms with van der Waals surface area (Å²) in [7, 11) is 0. The minimum Gasteiger partial charge on any atom is -0.326 e. The fraction of sp³-hybridized carbons (Fsp3) is 0.412. The highest BCUT2D eigenvalue weighted by molar-refractivity contribution is 5.93. The summed E-state index contributed by atoms with van der Waals surface area (Å²) in [6.45, 7) is 2.27. The van der Waals surface area contributed by atoms with Crippen LogP contribution < -0.4 is 5.32 Å². The molecule has 1 aromatic heterocycles. The molecule has 4 heteroatoms. The van der Waals surface area contributed by atoms with Crippen LogP contribution in [0.5, 0.6) is 0 Å².